The summed E-state index contributed by atoms with van der Waals surface area (Å²) in [6.45, 7) is 1.06. The number of halogens is 2. The predicted octanol–water partition coefficient (Wildman–Crippen LogP) is 5.65. The van der Waals surface area contributed by atoms with Gasteiger partial charge < -0.3 is 14.2 Å². The monoisotopic (exact) mass is 481 g/mol. The first kappa shape index (κ1) is 23.5. The average Bonchev–Trinajstić information content (AvgIpc) is 3.01. The number of nitrogens with zero attached hydrogens (tertiary/aromatic N) is 1. The van der Waals surface area contributed by atoms with Crippen LogP contribution in [0.4, 0.5) is 4.79 Å². The summed E-state index contributed by atoms with van der Waals surface area (Å²) in [6, 6.07) is 10.5. The highest BCUT2D eigenvalue weighted by molar-refractivity contribution is 8.18. The van der Waals surface area contributed by atoms with Crippen molar-refractivity contribution in [1.29, 1.82) is 0 Å². The van der Waals surface area contributed by atoms with Gasteiger partial charge in [-0.1, -0.05) is 35.3 Å². The van der Waals surface area contributed by atoms with Gasteiger partial charge in [-0.15, -0.1) is 0 Å². The van der Waals surface area contributed by atoms with Gasteiger partial charge in [-0.3, -0.25) is 14.5 Å². The van der Waals surface area contributed by atoms with Gasteiger partial charge in [0.05, 0.1) is 12.0 Å². The standard InChI is InChI=1S/C22H21Cl2NO5S/c1-28-9-3-8-25-21(26)20(31-22(25)27)11-14-4-7-18(19(10-14)29-2)30-13-15-5-6-16(23)12-17(15)24/h4-7,10-12H,3,8-9,13H2,1-2H3/b20-11+. The largest absolute Gasteiger partial charge is 0.493 e. The van der Waals surface area contributed by atoms with Crippen molar-refractivity contribution < 1.29 is 23.8 Å². The number of imide groups is 1. The number of carbonyl (C=O) groups excluding carboxylic acids is 2. The van der Waals surface area contributed by atoms with Crippen molar-refractivity contribution in [3.63, 3.8) is 0 Å². The molecule has 0 atom stereocenters. The molecule has 2 aromatic carbocycles. The summed E-state index contributed by atoms with van der Waals surface area (Å²) in [6.07, 6.45) is 2.27. The van der Waals surface area contributed by atoms with E-state index >= 15 is 0 Å². The number of carbonyl (C=O) groups is 2. The Labute approximate surface area is 195 Å². The summed E-state index contributed by atoms with van der Waals surface area (Å²) < 4.78 is 16.3. The maximum Gasteiger partial charge on any atom is 0.293 e. The molecule has 0 unspecified atom stereocenters. The van der Waals surface area contributed by atoms with Crippen molar-refractivity contribution in [3.05, 3.63) is 62.5 Å². The van der Waals surface area contributed by atoms with E-state index in [2.05, 4.69) is 0 Å². The van der Waals surface area contributed by atoms with Crippen LogP contribution >= 0.6 is 35.0 Å². The highest BCUT2D eigenvalue weighted by Gasteiger charge is 2.34. The molecule has 1 aliphatic heterocycles. The van der Waals surface area contributed by atoms with E-state index in [9.17, 15) is 9.59 Å². The molecule has 1 heterocycles. The second kappa shape index (κ2) is 10.9. The number of thioether (sulfide) groups is 1. The van der Waals surface area contributed by atoms with Gasteiger partial charge >= 0.3 is 0 Å². The van der Waals surface area contributed by atoms with Crippen LogP contribution in [0, 0.1) is 0 Å². The summed E-state index contributed by atoms with van der Waals surface area (Å²) in [7, 11) is 3.11. The van der Waals surface area contributed by atoms with Gasteiger partial charge in [-0.2, -0.15) is 0 Å². The molecule has 0 aliphatic carbocycles. The first-order valence-electron chi connectivity index (χ1n) is 9.42. The fraction of sp³-hybridized carbons (Fsp3) is 0.273. The lowest BCUT2D eigenvalue weighted by Gasteiger charge is -2.13. The van der Waals surface area contributed by atoms with Crippen LogP contribution in [0.3, 0.4) is 0 Å². The van der Waals surface area contributed by atoms with Crippen LogP contribution in [0.1, 0.15) is 17.5 Å². The zero-order valence-electron chi connectivity index (χ0n) is 17.0. The van der Waals surface area contributed by atoms with Gasteiger partial charge in [0, 0.05) is 35.9 Å². The molecule has 1 saturated heterocycles. The maximum atomic E-state index is 12.5. The maximum absolute atomic E-state index is 12.5. The summed E-state index contributed by atoms with van der Waals surface area (Å²) in [5.74, 6) is 0.722. The first-order chi connectivity index (χ1) is 14.9. The Morgan fingerprint density at radius 2 is 1.87 bits per heavy atom. The fourth-order valence-corrected chi connectivity index (χ4v) is 4.23. The average molecular weight is 482 g/mol. The lowest BCUT2D eigenvalue weighted by molar-refractivity contribution is -0.122. The summed E-state index contributed by atoms with van der Waals surface area (Å²) >= 11 is 13.0. The SMILES string of the molecule is COCCCN1C(=O)S/C(=C/c2ccc(OCc3ccc(Cl)cc3Cl)c(OC)c2)C1=O. The molecule has 6 nitrogen and oxygen atoms in total. The van der Waals surface area contributed by atoms with Gasteiger partial charge in [-0.25, -0.2) is 0 Å². The van der Waals surface area contributed by atoms with Crippen molar-refractivity contribution in [3.8, 4) is 11.5 Å². The number of hydrogen-bond donors (Lipinski definition) is 0. The minimum Gasteiger partial charge on any atom is -0.493 e. The third-order valence-electron chi connectivity index (χ3n) is 4.49. The topological polar surface area (TPSA) is 65.1 Å². The molecule has 2 aromatic rings. The zero-order valence-corrected chi connectivity index (χ0v) is 19.4. The molecule has 0 bridgehead atoms. The molecule has 0 radical (unpaired) electrons. The van der Waals surface area contributed by atoms with Crippen LogP contribution < -0.4 is 9.47 Å². The zero-order chi connectivity index (χ0) is 22.4. The minimum atomic E-state index is -0.303. The van der Waals surface area contributed by atoms with E-state index in [1.54, 1.807) is 49.6 Å². The number of hydrogen-bond acceptors (Lipinski definition) is 6. The molecular formula is C22H21Cl2NO5S. The lowest BCUT2D eigenvalue weighted by Crippen LogP contribution is -2.29. The lowest BCUT2D eigenvalue weighted by atomic mass is 10.1. The van der Waals surface area contributed by atoms with Crippen molar-refractivity contribution >= 4 is 52.2 Å². The van der Waals surface area contributed by atoms with E-state index in [1.807, 2.05) is 0 Å². The first-order valence-corrected chi connectivity index (χ1v) is 11.0. The Morgan fingerprint density at radius 3 is 2.58 bits per heavy atom. The van der Waals surface area contributed by atoms with Crippen LogP contribution in [0.15, 0.2) is 41.3 Å². The quantitative estimate of drug-likeness (QED) is 0.340. The molecule has 1 aliphatic rings. The third kappa shape index (κ3) is 5.95. The van der Waals surface area contributed by atoms with Crippen LogP contribution in [-0.4, -0.2) is 43.4 Å². The van der Waals surface area contributed by atoms with Gasteiger partial charge in [-0.05, 0) is 54.1 Å². The Kier molecular flexibility index (Phi) is 8.26. The smallest absolute Gasteiger partial charge is 0.293 e. The fourth-order valence-electron chi connectivity index (χ4n) is 2.90. The van der Waals surface area contributed by atoms with Crippen molar-refractivity contribution in [2.24, 2.45) is 0 Å². The molecule has 0 spiro atoms. The van der Waals surface area contributed by atoms with E-state index in [0.29, 0.717) is 46.0 Å². The van der Waals surface area contributed by atoms with E-state index in [0.717, 1.165) is 22.9 Å². The molecule has 0 saturated carbocycles. The Hall–Kier alpha value is -2.19. The highest BCUT2D eigenvalue weighted by Crippen LogP contribution is 2.35. The Bertz CT molecular complexity index is 1010. The summed E-state index contributed by atoms with van der Waals surface area (Å²) in [5.41, 5.74) is 1.51. The second-order valence-electron chi connectivity index (χ2n) is 6.61. The van der Waals surface area contributed by atoms with E-state index in [4.69, 9.17) is 37.4 Å². The molecule has 2 amide bonds. The third-order valence-corrected chi connectivity index (χ3v) is 5.98. The number of rotatable bonds is 9. The highest BCUT2D eigenvalue weighted by atomic mass is 35.5. The number of ether oxygens (including phenoxy) is 3. The normalized spacial score (nSPS) is 15.1. The van der Waals surface area contributed by atoms with Gasteiger partial charge in [0.25, 0.3) is 11.1 Å². The van der Waals surface area contributed by atoms with Crippen molar-refractivity contribution in [2.45, 2.75) is 13.0 Å². The van der Waals surface area contributed by atoms with Crippen LogP contribution in [0.25, 0.3) is 6.08 Å². The number of amides is 2. The minimum absolute atomic E-state index is 0.242. The number of benzene rings is 2. The van der Waals surface area contributed by atoms with E-state index in [-0.39, 0.29) is 17.8 Å². The molecule has 0 aromatic heterocycles. The molecule has 1 fully saturated rings. The van der Waals surface area contributed by atoms with E-state index < -0.39 is 0 Å². The van der Waals surface area contributed by atoms with Crippen LogP contribution in [0.5, 0.6) is 11.5 Å². The molecular weight excluding hydrogens is 461 g/mol. The molecule has 31 heavy (non-hydrogen) atoms. The van der Waals surface area contributed by atoms with Crippen molar-refractivity contribution in [2.75, 3.05) is 27.4 Å². The van der Waals surface area contributed by atoms with Crippen LogP contribution in [0.2, 0.25) is 10.0 Å². The summed E-state index contributed by atoms with van der Waals surface area (Å²) in [4.78, 5) is 26.3. The molecule has 164 valence electrons. The molecule has 3 rings (SSSR count). The second-order valence-corrected chi connectivity index (χ2v) is 8.45. The molecule has 9 heteroatoms. The van der Waals surface area contributed by atoms with Gasteiger partial charge in [0.2, 0.25) is 0 Å². The van der Waals surface area contributed by atoms with Crippen molar-refractivity contribution in [1.82, 2.24) is 4.90 Å². The number of methoxy groups -OCH3 is 2. The Balaban J connectivity index is 1.72. The molecule has 0 N–H and O–H groups in total. The van der Waals surface area contributed by atoms with Gasteiger partial charge in [0.1, 0.15) is 6.61 Å². The van der Waals surface area contributed by atoms with Crippen LogP contribution in [-0.2, 0) is 16.1 Å². The van der Waals surface area contributed by atoms with Gasteiger partial charge in [0.15, 0.2) is 11.5 Å². The predicted molar refractivity (Wildman–Crippen MR) is 123 cm³/mol. The summed E-state index contributed by atoms with van der Waals surface area (Å²) in [5, 5.41) is 0.794. The Morgan fingerprint density at radius 1 is 1.06 bits per heavy atom. The van der Waals surface area contributed by atoms with E-state index in [1.165, 1.54) is 12.0 Å².